The Morgan fingerprint density at radius 1 is 1.12 bits per heavy atom. The van der Waals surface area contributed by atoms with Crippen molar-refractivity contribution in [2.24, 2.45) is 0 Å². The van der Waals surface area contributed by atoms with E-state index in [0.29, 0.717) is 11.1 Å². The SMILES string of the molecule is CN(C)c1ccc(NC(=O)CSc2nnc(-c3ccncc3)o2)cc1. The Hall–Kier alpha value is -2.87. The van der Waals surface area contributed by atoms with Gasteiger partial charge in [0.1, 0.15) is 0 Å². The number of rotatable bonds is 6. The van der Waals surface area contributed by atoms with Crippen LogP contribution in [-0.4, -0.2) is 40.9 Å². The molecule has 0 aliphatic carbocycles. The second kappa shape index (κ2) is 7.80. The summed E-state index contributed by atoms with van der Waals surface area (Å²) in [6.07, 6.45) is 3.31. The molecule has 0 aliphatic rings. The predicted molar refractivity (Wildman–Crippen MR) is 97.7 cm³/mol. The third-order valence-electron chi connectivity index (χ3n) is 3.33. The number of nitrogens with zero attached hydrogens (tertiary/aromatic N) is 4. The van der Waals surface area contributed by atoms with Gasteiger partial charge in [-0.15, -0.1) is 10.2 Å². The first-order valence-electron chi connectivity index (χ1n) is 7.56. The number of anilines is 2. The van der Waals surface area contributed by atoms with Gasteiger partial charge in [0.15, 0.2) is 0 Å². The van der Waals surface area contributed by atoms with E-state index in [9.17, 15) is 4.79 Å². The maximum Gasteiger partial charge on any atom is 0.277 e. The van der Waals surface area contributed by atoms with Gasteiger partial charge in [-0.3, -0.25) is 9.78 Å². The Morgan fingerprint density at radius 2 is 1.84 bits per heavy atom. The minimum absolute atomic E-state index is 0.133. The lowest BCUT2D eigenvalue weighted by Gasteiger charge is -2.12. The molecule has 25 heavy (non-hydrogen) atoms. The van der Waals surface area contributed by atoms with Crippen molar-refractivity contribution >= 4 is 29.0 Å². The zero-order valence-corrected chi connectivity index (χ0v) is 14.7. The van der Waals surface area contributed by atoms with Crippen LogP contribution >= 0.6 is 11.8 Å². The first-order valence-corrected chi connectivity index (χ1v) is 8.54. The van der Waals surface area contributed by atoms with Gasteiger partial charge in [0.25, 0.3) is 5.22 Å². The largest absolute Gasteiger partial charge is 0.411 e. The lowest BCUT2D eigenvalue weighted by atomic mass is 10.2. The van der Waals surface area contributed by atoms with Crippen LogP contribution in [0.4, 0.5) is 11.4 Å². The molecule has 0 radical (unpaired) electrons. The highest BCUT2D eigenvalue weighted by atomic mass is 32.2. The summed E-state index contributed by atoms with van der Waals surface area (Å²) >= 11 is 1.20. The monoisotopic (exact) mass is 355 g/mol. The molecule has 1 N–H and O–H groups in total. The second-order valence-corrected chi connectivity index (χ2v) is 6.31. The minimum atomic E-state index is -0.133. The first-order chi connectivity index (χ1) is 12.1. The number of amides is 1. The molecule has 128 valence electrons. The van der Waals surface area contributed by atoms with Crippen LogP contribution in [0.2, 0.25) is 0 Å². The Morgan fingerprint density at radius 3 is 2.52 bits per heavy atom. The Bertz CT molecular complexity index is 834. The van der Waals surface area contributed by atoms with Crippen molar-refractivity contribution in [2.75, 3.05) is 30.1 Å². The zero-order chi connectivity index (χ0) is 17.6. The van der Waals surface area contributed by atoms with Gasteiger partial charge < -0.3 is 14.6 Å². The van der Waals surface area contributed by atoms with E-state index in [4.69, 9.17) is 4.42 Å². The van der Waals surface area contributed by atoms with Crippen molar-refractivity contribution in [3.8, 4) is 11.5 Å². The van der Waals surface area contributed by atoms with Gasteiger partial charge in [-0.1, -0.05) is 11.8 Å². The summed E-state index contributed by atoms with van der Waals surface area (Å²) in [4.78, 5) is 18.0. The fourth-order valence-electron chi connectivity index (χ4n) is 2.05. The number of carbonyl (C=O) groups excluding carboxylic acids is 1. The fourth-order valence-corrected chi connectivity index (χ4v) is 2.61. The summed E-state index contributed by atoms with van der Waals surface area (Å²) < 4.78 is 5.54. The molecule has 0 fully saturated rings. The highest BCUT2D eigenvalue weighted by molar-refractivity contribution is 7.99. The molecule has 0 bridgehead atoms. The van der Waals surface area contributed by atoms with Crippen molar-refractivity contribution < 1.29 is 9.21 Å². The molecule has 3 rings (SSSR count). The number of thioether (sulfide) groups is 1. The Kier molecular flexibility index (Phi) is 5.30. The summed E-state index contributed by atoms with van der Waals surface area (Å²) in [5, 5.41) is 11.1. The molecule has 1 amide bonds. The molecule has 2 aromatic heterocycles. The maximum atomic E-state index is 12.0. The quantitative estimate of drug-likeness (QED) is 0.681. The van der Waals surface area contributed by atoms with Crippen LogP contribution in [0.1, 0.15) is 0 Å². The molecule has 0 atom stereocenters. The van der Waals surface area contributed by atoms with E-state index in [2.05, 4.69) is 20.5 Å². The lowest BCUT2D eigenvalue weighted by molar-refractivity contribution is -0.113. The van der Waals surface area contributed by atoms with E-state index in [1.54, 1.807) is 24.5 Å². The van der Waals surface area contributed by atoms with Gasteiger partial charge in [0.2, 0.25) is 11.8 Å². The minimum Gasteiger partial charge on any atom is -0.411 e. The highest BCUT2D eigenvalue weighted by Gasteiger charge is 2.11. The molecule has 0 aliphatic heterocycles. The summed E-state index contributed by atoms with van der Waals surface area (Å²) in [5.41, 5.74) is 2.61. The highest BCUT2D eigenvalue weighted by Crippen LogP contribution is 2.23. The summed E-state index contributed by atoms with van der Waals surface area (Å²) in [6.45, 7) is 0. The molecule has 0 unspecified atom stereocenters. The topological polar surface area (TPSA) is 84.2 Å². The van der Waals surface area contributed by atoms with Gasteiger partial charge in [-0.25, -0.2) is 0 Å². The van der Waals surface area contributed by atoms with Gasteiger partial charge in [-0.2, -0.15) is 0 Å². The number of pyridine rings is 1. The smallest absolute Gasteiger partial charge is 0.277 e. The van der Waals surface area contributed by atoms with Crippen molar-refractivity contribution in [1.29, 1.82) is 0 Å². The number of aromatic nitrogens is 3. The van der Waals surface area contributed by atoms with E-state index in [1.807, 2.05) is 43.3 Å². The second-order valence-electron chi connectivity index (χ2n) is 5.39. The van der Waals surface area contributed by atoms with Gasteiger partial charge in [0.05, 0.1) is 5.75 Å². The van der Waals surface area contributed by atoms with Crippen LogP contribution in [0.3, 0.4) is 0 Å². The molecule has 0 saturated carbocycles. The van der Waals surface area contributed by atoms with Crippen LogP contribution in [0, 0.1) is 0 Å². The Labute approximate surface area is 149 Å². The van der Waals surface area contributed by atoms with Crippen molar-refractivity contribution in [3.05, 3.63) is 48.8 Å². The fraction of sp³-hybridized carbons (Fsp3) is 0.176. The van der Waals surface area contributed by atoms with Crippen molar-refractivity contribution in [3.63, 3.8) is 0 Å². The number of hydrogen-bond acceptors (Lipinski definition) is 7. The number of nitrogens with one attached hydrogen (secondary N) is 1. The normalized spacial score (nSPS) is 10.5. The predicted octanol–water partition coefficient (Wildman–Crippen LogP) is 2.93. The molecule has 0 saturated heterocycles. The number of carbonyl (C=O) groups is 1. The third-order valence-corrected chi connectivity index (χ3v) is 4.15. The van der Waals surface area contributed by atoms with Gasteiger partial charge >= 0.3 is 0 Å². The van der Waals surface area contributed by atoms with E-state index in [0.717, 1.165) is 16.9 Å². The molecule has 8 heteroatoms. The molecule has 7 nitrogen and oxygen atoms in total. The summed E-state index contributed by atoms with van der Waals surface area (Å²) in [6, 6.07) is 11.2. The van der Waals surface area contributed by atoms with E-state index in [1.165, 1.54) is 11.8 Å². The number of hydrogen-bond donors (Lipinski definition) is 1. The van der Waals surface area contributed by atoms with Crippen LogP contribution in [0.5, 0.6) is 0 Å². The lowest BCUT2D eigenvalue weighted by Crippen LogP contribution is -2.14. The van der Waals surface area contributed by atoms with E-state index < -0.39 is 0 Å². The van der Waals surface area contributed by atoms with Gasteiger partial charge in [0, 0.05) is 43.4 Å². The molecule has 0 spiro atoms. The van der Waals surface area contributed by atoms with Crippen molar-refractivity contribution in [1.82, 2.24) is 15.2 Å². The van der Waals surface area contributed by atoms with Crippen LogP contribution in [0.15, 0.2) is 58.4 Å². The standard InChI is InChI=1S/C17H17N5O2S/c1-22(2)14-5-3-13(4-6-14)19-15(23)11-25-17-21-20-16(24-17)12-7-9-18-10-8-12/h3-10H,11H2,1-2H3,(H,19,23). The average molecular weight is 355 g/mol. The summed E-state index contributed by atoms with van der Waals surface area (Å²) in [7, 11) is 3.93. The van der Waals surface area contributed by atoms with Crippen molar-refractivity contribution in [2.45, 2.75) is 5.22 Å². The van der Waals surface area contributed by atoms with E-state index >= 15 is 0 Å². The zero-order valence-electron chi connectivity index (χ0n) is 13.8. The van der Waals surface area contributed by atoms with E-state index in [-0.39, 0.29) is 11.7 Å². The van der Waals surface area contributed by atoms with Crippen LogP contribution < -0.4 is 10.2 Å². The maximum absolute atomic E-state index is 12.0. The summed E-state index contributed by atoms with van der Waals surface area (Å²) in [5.74, 6) is 0.462. The molecule has 1 aromatic carbocycles. The average Bonchev–Trinajstić information content (AvgIpc) is 3.10. The van der Waals surface area contributed by atoms with Crippen LogP contribution in [0.25, 0.3) is 11.5 Å². The number of benzene rings is 1. The van der Waals surface area contributed by atoms with Crippen LogP contribution in [-0.2, 0) is 4.79 Å². The first kappa shape index (κ1) is 17.0. The Balaban J connectivity index is 1.53. The molecular weight excluding hydrogens is 338 g/mol. The molecule has 2 heterocycles. The van der Waals surface area contributed by atoms with Gasteiger partial charge in [-0.05, 0) is 36.4 Å². The third kappa shape index (κ3) is 4.57. The molecular formula is C17H17N5O2S. The molecule has 3 aromatic rings.